The highest BCUT2D eigenvalue weighted by Crippen LogP contribution is 2.35. The van der Waals surface area contributed by atoms with Crippen LogP contribution in [0.4, 0.5) is 18.9 Å². The Bertz CT molecular complexity index is 493. The molecular formula is C14H20F3N2O3+. The molecule has 8 heteroatoms. The van der Waals surface area contributed by atoms with Gasteiger partial charge in [0.15, 0.2) is 6.54 Å². The summed E-state index contributed by atoms with van der Waals surface area (Å²) in [6, 6.07) is 2.97. The van der Waals surface area contributed by atoms with Crippen LogP contribution in [0.15, 0.2) is 18.2 Å². The molecule has 1 amide bonds. The number of hydrogen-bond acceptors (Lipinski definition) is 3. The van der Waals surface area contributed by atoms with Gasteiger partial charge in [-0.15, -0.1) is 0 Å². The third-order valence-electron chi connectivity index (χ3n) is 2.74. The number of carbonyl (C=O) groups excluding carboxylic acids is 1. The van der Waals surface area contributed by atoms with Gasteiger partial charge in [-0.3, -0.25) is 4.79 Å². The fraction of sp³-hybridized carbons (Fsp3) is 0.500. The van der Waals surface area contributed by atoms with E-state index in [0.29, 0.717) is 6.54 Å². The number of methoxy groups -OCH3 is 1. The molecule has 0 fully saturated rings. The number of anilines is 1. The first kappa shape index (κ1) is 18.2. The van der Waals surface area contributed by atoms with E-state index in [9.17, 15) is 18.0 Å². The van der Waals surface area contributed by atoms with Crippen molar-refractivity contribution in [2.45, 2.75) is 13.1 Å². The van der Waals surface area contributed by atoms with E-state index < -0.39 is 17.6 Å². The minimum absolute atomic E-state index is 0.000399. The molecule has 0 bridgehead atoms. The lowest BCUT2D eigenvalue weighted by atomic mass is 10.1. The molecular weight excluding hydrogens is 301 g/mol. The van der Waals surface area contributed by atoms with Crippen molar-refractivity contribution in [1.29, 1.82) is 0 Å². The second-order valence-corrected chi connectivity index (χ2v) is 4.50. The van der Waals surface area contributed by atoms with E-state index in [1.54, 1.807) is 5.32 Å². The van der Waals surface area contributed by atoms with Crippen molar-refractivity contribution in [2.24, 2.45) is 0 Å². The third kappa shape index (κ3) is 5.90. The van der Waals surface area contributed by atoms with Crippen LogP contribution in [-0.2, 0) is 15.7 Å². The normalized spacial score (nSPS) is 11.3. The first-order chi connectivity index (χ1) is 10.4. The maximum Gasteiger partial charge on any atom is 0.416 e. The minimum Gasteiger partial charge on any atom is -0.489 e. The van der Waals surface area contributed by atoms with Crippen molar-refractivity contribution in [1.82, 2.24) is 0 Å². The second kappa shape index (κ2) is 8.60. The summed E-state index contributed by atoms with van der Waals surface area (Å²) in [5.41, 5.74) is -0.846. The molecule has 0 saturated heterocycles. The van der Waals surface area contributed by atoms with E-state index in [0.717, 1.165) is 12.1 Å². The van der Waals surface area contributed by atoms with Gasteiger partial charge < -0.3 is 20.1 Å². The second-order valence-electron chi connectivity index (χ2n) is 4.50. The third-order valence-corrected chi connectivity index (χ3v) is 2.74. The minimum atomic E-state index is -4.49. The number of amides is 1. The van der Waals surface area contributed by atoms with E-state index in [-0.39, 0.29) is 31.2 Å². The molecule has 0 aromatic heterocycles. The number of halogens is 3. The van der Waals surface area contributed by atoms with Crippen molar-refractivity contribution in [2.75, 3.05) is 38.7 Å². The van der Waals surface area contributed by atoms with Crippen LogP contribution in [0.25, 0.3) is 0 Å². The van der Waals surface area contributed by atoms with E-state index >= 15 is 0 Å². The van der Waals surface area contributed by atoms with Gasteiger partial charge in [-0.25, -0.2) is 0 Å². The highest BCUT2D eigenvalue weighted by molar-refractivity contribution is 5.93. The molecule has 3 N–H and O–H groups in total. The van der Waals surface area contributed by atoms with Gasteiger partial charge in [0.2, 0.25) is 0 Å². The average Bonchev–Trinajstić information content (AvgIpc) is 2.45. The van der Waals surface area contributed by atoms with Gasteiger partial charge in [-0.1, -0.05) is 0 Å². The molecule has 0 saturated carbocycles. The highest BCUT2D eigenvalue weighted by Gasteiger charge is 2.31. The van der Waals surface area contributed by atoms with E-state index in [1.165, 1.54) is 13.2 Å². The van der Waals surface area contributed by atoms with E-state index in [2.05, 4.69) is 5.32 Å². The SMILES string of the molecule is CC[NH2+]CC(=O)Nc1cc(C(F)(F)F)ccc1OCCOC. The molecule has 1 aromatic rings. The molecule has 22 heavy (non-hydrogen) atoms. The van der Waals surface area contributed by atoms with Crippen molar-refractivity contribution >= 4 is 11.6 Å². The lowest BCUT2D eigenvalue weighted by Crippen LogP contribution is -2.85. The molecule has 0 unspecified atom stereocenters. The number of hydrogen-bond donors (Lipinski definition) is 2. The van der Waals surface area contributed by atoms with Gasteiger partial charge in [-0.05, 0) is 25.1 Å². The van der Waals surface area contributed by atoms with E-state index in [4.69, 9.17) is 9.47 Å². The zero-order valence-electron chi connectivity index (χ0n) is 12.5. The zero-order valence-corrected chi connectivity index (χ0v) is 12.5. The summed E-state index contributed by atoms with van der Waals surface area (Å²) < 4.78 is 48.5. The maximum atomic E-state index is 12.8. The Morgan fingerprint density at radius 1 is 1.32 bits per heavy atom. The van der Waals surface area contributed by atoms with Gasteiger partial charge in [-0.2, -0.15) is 13.2 Å². The first-order valence-electron chi connectivity index (χ1n) is 6.83. The van der Waals surface area contributed by atoms with Crippen LogP contribution >= 0.6 is 0 Å². The number of quaternary nitrogens is 1. The Balaban J connectivity index is 2.92. The Morgan fingerprint density at radius 2 is 2.05 bits per heavy atom. The molecule has 0 spiro atoms. The first-order valence-corrected chi connectivity index (χ1v) is 6.83. The van der Waals surface area contributed by atoms with Crippen molar-refractivity contribution < 1.29 is 32.8 Å². The van der Waals surface area contributed by atoms with Gasteiger partial charge in [0.05, 0.1) is 24.4 Å². The Kier molecular flexibility index (Phi) is 7.13. The number of ether oxygens (including phenoxy) is 2. The summed E-state index contributed by atoms with van der Waals surface area (Å²) >= 11 is 0. The largest absolute Gasteiger partial charge is 0.489 e. The van der Waals surface area contributed by atoms with Crippen molar-refractivity contribution in [3.63, 3.8) is 0 Å². The molecule has 1 aromatic carbocycles. The van der Waals surface area contributed by atoms with Crippen molar-refractivity contribution in [3.05, 3.63) is 23.8 Å². The summed E-state index contributed by atoms with van der Waals surface area (Å²) in [7, 11) is 1.49. The average molecular weight is 321 g/mol. The molecule has 0 radical (unpaired) electrons. The molecule has 124 valence electrons. The molecule has 0 aliphatic carbocycles. The van der Waals surface area contributed by atoms with Crippen LogP contribution in [0.1, 0.15) is 12.5 Å². The molecule has 5 nitrogen and oxygen atoms in total. The Labute approximate surface area is 126 Å². The smallest absolute Gasteiger partial charge is 0.416 e. The Morgan fingerprint density at radius 3 is 2.64 bits per heavy atom. The van der Waals surface area contributed by atoms with E-state index in [1.807, 2.05) is 6.92 Å². The number of nitrogens with two attached hydrogens (primary N) is 1. The van der Waals surface area contributed by atoms with Crippen LogP contribution in [0, 0.1) is 0 Å². The summed E-state index contributed by atoms with van der Waals surface area (Å²) in [5, 5.41) is 4.18. The highest BCUT2D eigenvalue weighted by atomic mass is 19.4. The monoisotopic (exact) mass is 321 g/mol. The zero-order chi connectivity index (χ0) is 16.6. The van der Waals surface area contributed by atoms with Crippen LogP contribution < -0.4 is 15.4 Å². The van der Waals surface area contributed by atoms with Gasteiger partial charge >= 0.3 is 6.18 Å². The summed E-state index contributed by atoms with van der Waals surface area (Å²) in [4.78, 5) is 11.7. The summed E-state index contributed by atoms with van der Waals surface area (Å²) in [5.74, 6) is -0.215. The molecule has 1 rings (SSSR count). The summed E-state index contributed by atoms with van der Waals surface area (Å²) in [6.45, 7) is 3.16. The number of carbonyl (C=O) groups is 1. The van der Waals surface area contributed by atoms with Gasteiger partial charge in [0, 0.05) is 7.11 Å². The van der Waals surface area contributed by atoms with Crippen LogP contribution in [0.3, 0.4) is 0 Å². The molecule has 0 aliphatic rings. The number of alkyl halides is 3. The topological polar surface area (TPSA) is 64.2 Å². The number of benzene rings is 1. The molecule has 0 aliphatic heterocycles. The maximum absolute atomic E-state index is 12.8. The van der Waals surface area contributed by atoms with Gasteiger partial charge in [0.25, 0.3) is 5.91 Å². The van der Waals surface area contributed by atoms with Gasteiger partial charge in [0.1, 0.15) is 12.4 Å². The fourth-order valence-corrected chi connectivity index (χ4v) is 1.64. The quantitative estimate of drug-likeness (QED) is 0.709. The van der Waals surface area contributed by atoms with Crippen LogP contribution in [-0.4, -0.2) is 39.3 Å². The lowest BCUT2D eigenvalue weighted by molar-refractivity contribution is -0.640. The Hall–Kier alpha value is -1.80. The van der Waals surface area contributed by atoms with Crippen molar-refractivity contribution in [3.8, 4) is 5.75 Å². The van der Waals surface area contributed by atoms with Crippen LogP contribution in [0.2, 0.25) is 0 Å². The summed E-state index contributed by atoms with van der Waals surface area (Å²) in [6.07, 6.45) is -4.49. The standard InChI is InChI=1S/C14H19F3N2O3/c1-3-18-9-13(20)19-11-8-10(14(15,16)17)4-5-12(11)22-7-6-21-2/h4-5,8,18H,3,6-7,9H2,1-2H3,(H,19,20)/p+1. The molecule has 0 heterocycles. The fourth-order valence-electron chi connectivity index (χ4n) is 1.64. The molecule has 0 atom stereocenters. The predicted octanol–water partition coefficient (Wildman–Crippen LogP) is 1.25. The lowest BCUT2D eigenvalue weighted by Gasteiger charge is -2.15. The van der Waals surface area contributed by atoms with Crippen LogP contribution in [0.5, 0.6) is 5.75 Å². The predicted molar refractivity (Wildman–Crippen MR) is 74.8 cm³/mol. The number of rotatable bonds is 8. The number of likely N-dealkylation sites (N-methyl/N-ethyl adjacent to an activating group) is 1. The number of nitrogens with one attached hydrogen (secondary N) is 1.